The van der Waals surface area contributed by atoms with Gasteiger partial charge < -0.3 is 4.74 Å². The molecule has 0 bridgehead atoms. The molecule has 1 aromatic carbocycles. The maximum atomic E-state index is 12.3. The van der Waals surface area contributed by atoms with E-state index in [1.54, 1.807) is 0 Å². The Morgan fingerprint density at radius 3 is 2.85 bits per heavy atom. The van der Waals surface area contributed by atoms with E-state index in [9.17, 15) is 4.79 Å². The van der Waals surface area contributed by atoms with Crippen LogP contribution in [0.4, 0.5) is 0 Å². The molecule has 0 N–H and O–H groups in total. The minimum absolute atomic E-state index is 0.142. The normalized spacial score (nSPS) is 21.1. The molecule has 108 valence electrons. The first kappa shape index (κ1) is 14.8. The minimum atomic E-state index is -0.207. The van der Waals surface area contributed by atoms with Crippen LogP contribution in [0.3, 0.4) is 0 Å². The summed E-state index contributed by atoms with van der Waals surface area (Å²) in [6.45, 7) is 5.68. The molecular formula is C17H23NO2. The number of hydrogen-bond acceptors (Lipinski definition) is 3. The van der Waals surface area contributed by atoms with Crippen LogP contribution in [0.5, 0.6) is 0 Å². The average Bonchev–Trinajstić information content (AvgIpc) is 2.50. The Labute approximate surface area is 121 Å². The van der Waals surface area contributed by atoms with Crippen molar-refractivity contribution in [3.63, 3.8) is 0 Å². The van der Waals surface area contributed by atoms with Gasteiger partial charge in [0.15, 0.2) is 0 Å². The van der Waals surface area contributed by atoms with E-state index in [1.807, 2.05) is 36.4 Å². The topological polar surface area (TPSA) is 29.5 Å². The molecule has 2 rings (SSSR count). The second-order valence-corrected chi connectivity index (χ2v) is 5.26. The van der Waals surface area contributed by atoms with Crippen LogP contribution in [0, 0.1) is 0 Å². The maximum absolute atomic E-state index is 12.3. The standard InChI is InChI=1S/C17H23NO2/c1-3-12-18-13-8-7-11-15(18)16(17(19)20-2)14-9-5-4-6-10-14/h3-6,9-10,15-16H,1,7-8,11-13H2,2H3/t15-,16-/m1/s1. The zero-order valence-corrected chi connectivity index (χ0v) is 12.1. The molecule has 0 radical (unpaired) electrons. The smallest absolute Gasteiger partial charge is 0.314 e. The number of nitrogens with zero attached hydrogens (tertiary/aromatic N) is 1. The molecule has 1 saturated heterocycles. The monoisotopic (exact) mass is 273 g/mol. The van der Waals surface area contributed by atoms with Crippen LogP contribution in [0.2, 0.25) is 0 Å². The lowest BCUT2D eigenvalue weighted by molar-refractivity contribution is -0.144. The lowest BCUT2D eigenvalue weighted by Crippen LogP contribution is -2.45. The number of benzene rings is 1. The van der Waals surface area contributed by atoms with E-state index in [0.29, 0.717) is 0 Å². The van der Waals surface area contributed by atoms with E-state index < -0.39 is 0 Å². The highest BCUT2D eigenvalue weighted by Crippen LogP contribution is 2.31. The van der Waals surface area contributed by atoms with Gasteiger partial charge in [-0.05, 0) is 24.9 Å². The van der Waals surface area contributed by atoms with E-state index >= 15 is 0 Å². The molecule has 20 heavy (non-hydrogen) atoms. The second-order valence-electron chi connectivity index (χ2n) is 5.26. The Kier molecular flexibility index (Phi) is 5.36. The average molecular weight is 273 g/mol. The van der Waals surface area contributed by atoms with Crippen LogP contribution in [0.25, 0.3) is 0 Å². The molecule has 1 aliphatic rings. The summed E-state index contributed by atoms with van der Waals surface area (Å²) in [5.74, 6) is -0.349. The highest BCUT2D eigenvalue weighted by atomic mass is 16.5. The molecule has 1 heterocycles. The fraction of sp³-hybridized carbons (Fsp3) is 0.471. The van der Waals surface area contributed by atoms with Crippen molar-refractivity contribution < 1.29 is 9.53 Å². The largest absolute Gasteiger partial charge is 0.469 e. The number of carbonyl (C=O) groups is 1. The number of likely N-dealkylation sites (tertiary alicyclic amines) is 1. The molecule has 2 atom stereocenters. The number of hydrogen-bond donors (Lipinski definition) is 0. The molecule has 0 saturated carbocycles. The molecule has 1 aromatic rings. The summed E-state index contributed by atoms with van der Waals surface area (Å²) in [4.78, 5) is 14.6. The second kappa shape index (κ2) is 7.25. The Morgan fingerprint density at radius 2 is 2.20 bits per heavy atom. The third-order valence-electron chi connectivity index (χ3n) is 4.03. The van der Waals surface area contributed by atoms with Gasteiger partial charge in [-0.25, -0.2) is 0 Å². The Morgan fingerprint density at radius 1 is 1.45 bits per heavy atom. The predicted octanol–water partition coefficient (Wildman–Crippen LogP) is 2.98. The number of ether oxygens (including phenoxy) is 1. The number of piperidine rings is 1. The van der Waals surface area contributed by atoms with Crippen molar-refractivity contribution in [2.45, 2.75) is 31.2 Å². The van der Waals surface area contributed by atoms with Gasteiger partial charge >= 0.3 is 5.97 Å². The highest BCUT2D eigenvalue weighted by Gasteiger charge is 2.35. The van der Waals surface area contributed by atoms with Gasteiger partial charge in [-0.1, -0.05) is 42.8 Å². The summed E-state index contributed by atoms with van der Waals surface area (Å²) in [5, 5.41) is 0. The van der Waals surface area contributed by atoms with E-state index in [1.165, 1.54) is 20.0 Å². The first-order chi connectivity index (χ1) is 9.77. The molecule has 0 spiro atoms. The van der Waals surface area contributed by atoms with Crippen LogP contribution in [-0.2, 0) is 9.53 Å². The van der Waals surface area contributed by atoms with Gasteiger partial charge in [0.1, 0.15) is 0 Å². The number of esters is 1. The van der Waals surface area contributed by atoms with Gasteiger partial charge in [-0.3, -0.25) is 9.69 Å². The summed E-state index contributed by atoms with van der Waals surface area (Å²) < 4.78 is 5.06. The molecule has 0 aliphatic carbocycles. The third kappa shape index (κ3) is 3.28. The van der Waals surface area contributed by atoms with E-state index in [2.05, 4.69) is 11.5 Å². The Balaban J connectivity index is 2.29. The van der Waals surface area contributed by atoms with Crippen LogP contribution in [0.1, 0.15) is 30.7 Å². The molecule has 0 amide bonds. The minimum Gasteiger partial charge on any atom is -0.469 e. The van der Waals surface area contributed by atoms with Gasteiger partial charge in [-0.15, -0.1) is 6.58 Å². The predicted molar refractivity (Wildman–Crippen MR) is 80.6 cm³/mol. The molecule has 3 nitrogen and oxygen atoms in total. The number of carbonyl (C=O) groups excluding carboxylic acids is 1. The molecule has 0 aromatic heterocycles. The van der Waals surface area contributed by atoms with Crippen molar-refractivity contribution in [1.29, 1.82) is 0 Å². The molecule has 3 heteroatoms. The lowest BCUT2D eigenvalue weighted by Gasteiger charge is -2.39. The van der Waals surface area contributed by atoms with E-state index in [4.69, 9.17) is 4.74 Å². The number of rotatable bonds is 5. The summed E-state index contributed by atoms with van der Waals surface area (Å²) in [6, 6.07) is 10.2. The van der Waals surface area contributed by atoms with Crippen molar-refractivity contribution in [2.24, 2.45) is 0 Å². The zero-order chi connectivity index (χ0) is 14.4. The SMILES string of the molecule is C=CCN1CCCC[C@@H]1[C@H](C(=O)OC)c1ccccc1. The van der Waals surface area contributed by atoms with Crippen molar-refractivity contribution in [3.05, 3.63) is 48.6 Å². The van der Waals surface area contributed by atoms with Crippen molar-refractivity contribution in [1.82, 2.24) is 4.90 Å². The lowest BCUT2D eigenvalue weighted by atomic mass is 9.85. The highest BCUT2D eigenvalue weighted by molar-refractivity contribution is 5.79. The van der Waals surface area contributed by atoms with Gasteiger partial charge in [0.25, 0.3) is 0 Å². The van der Waals surface area contributed by atoms with E-state index in [-0.39, 0.29) is 17.9 Å². The summed E-state index contributed by atoms with van der Waals surface area (Å²) in [6.07, 6.45) is 5.30. The fourth-order valence-electron chi connectivity index (χ4n) is 3.09. The fourth-order valence-corrected chi connectivity index (χ4v) is 3.09. The van der Waals surface area contributed by atoms with Crippen LogP contribution >= 0.6 is 0 Å². The summed E-state index contributed by atoms with van der Waals surface area (Å²) in [5.41, 5.74) is 1.04. The molecule has 1 aliphatic heterocycles. The van der Waals surface area contributed by atoms with Gasteiger partial charge in [0.05, 0.1) is 13.0 Å². The zero-order valence-electron chi connectivity index (χ0n) is 12.1. The van der Waals surface area contributed by atoms with Crippen molar-refractivity contribution in [2.75, 3.05) is 20.2 Å². The number of methoxy groups -OCH3 is 1. The van der Waals surface area contributed by atoms with Gasteiger partial charge in [0, 0.05) is 12.6 Å². The maximum Gasteiger partial charge on any atom is 0.314 e. The van der Waals surface area contributed by atoms with Crippen molar-refractivity contribution in [3.8, 4) is 0 Å². The first-order valence-electron chi connectivity index (χ1n) is 7.25. The van der Waals surface area contributed by atoms with Gasteiger partial charge in [-0.2, -0.15) is 0 Å². The van der Waals surface area contributed by atoms with Crippen LogP contribution in [0.15, 0.2) is 43.0 Å². The summed E-state index contributed by atoms with van der Waals surface area (Å²) in [7, 11) is 1.47. The molecule has 1 fully saturated rings. The first-order valence-corrected chi connectivity index (χ1v) is 7.25. The van der Waals surface area contributed by atoms with Crippen LogP contribution in [-0.4, -0.2) is 37.1 Å². The van der Waals surface area contributed by atoms with Gasteiger partial charge in [0.2, 0.25) is 0 Å². The van der Waals surface area contributed by atoms with Crippen molar-refractivity contribution >= 4 is 5.97 Å². The quantitative estimate of drug-likeness (QED) is 0.610. The molecule has 0 unspecified atom stereocenters. The summed E-state index contributed by atoms with van der Waals surface area (Å²) >= 11 is 0. The third-order valence-corrected chi connectivity index (χ3v) is 4.03. The Bertz CT molecular complexity index is 444. The Hall–Kier alpha value is -1.61. The molecular weight excluding hydrogens is 250 g/mol. The van der Waals surface area contributed by atoms with E-state index in [0.717, 1.165) is 25.1 Å². The van der Waals surface area contributed by atoms with Crippen LogP contribution < -0.4 is 0 Å².